The lowest BCUT2D eigenvalue weighted by Crippen LogP contribution is -2.10. The van der Waals surface area contributed by atoms with E-state index >= 15 is 0 Å². The molecule has 0 aliphatic rings. The van der Waals surface area contributed by atoms with E-state index in [-0.39, 0.29) is 6.61 Å². The molecule has 0 N–H and O–H groups in total. The van der Waals surface area contributed by atoms with Gasteiger partial charge < -0.3 is 4.74 Å². The Labute approximate surface area is 127 Å². The molecule has 4 heteroatoms. The number of rotatable bonds is 11. The van der Waals surface area contributed by atoms with E-state index in [0.29, 0.717) is 18.8 Å². The predicted molar refractivity (Wildman–Crippen MR) is 82.1 cm³/mol. The van der Waals surface area contributed by atoms with Crippen molar-refractivity contribution in [3.05, 3.63) is 35.4 Å². The summed E-state index contributed by atoms with van der Waals surface area (Å²) in [5.74, 6) is -0.468. The molecule has 1 aromatic carbocycles. The van der Waals surface area contributed by atoms with Gasteiger partial charge in [0, 0.05) is 6.61 Å². The molecule has 118 valence electrons. The van der Waals surface area contributed by atoms with Crippen molar-refractivity contribution < 1.29 is 19.3 Å². The van der Waals surface area contributed by atoms with Gasteiger partial charge in [0.25, 0.3) is 0 Å². The monoisotopic (exact) mass is 294 g/mol. The van der Waals surface area contributed by atoms with Gasteiger partial charge >= 0.3 is 5.97 Å². The summed E-state index contributed by atoms with van der Waals surface area (Å²) in [7, 11) is 0. The first kappa shape index (κ1) is 17.7. The molecule has 0 aliphatic heterocycles. The molecule has 4 nitrogen and oxygen atoms in total. The third-order valence-electron chi connectivity index (χ3n) is 3.16. The summed E-state index contributed by atoms with van der Waals surface area (Å²) in [6, 6.07) is 7.51. The summed E-state index contributed by atoms with van der Waals surface area (Å²) in [4.78, 5) is 21.2. The predicted octanol–water partition coefficient (Wildman–Crippen LogP) is 3.93. The third kappa shape index (κ3) is 7.83. The van der Waals surface area contributed by atoms with Gasteiger partial charge in [0.1, 0.15) is 6.61 Å². The molecule has 0 aromatic heterocycles. The number of hydrogen-bond donors (Lipinski definition) is 0. The van der Waals surface area contributed by atoms with Crippen LogP contribution in [0.3, 0.4) is 0 Å². The van der Waals surface area contributed by atoms with Crippen molar-refractivity contribution in [3.8, 4) is 0 Å². The molecule has 0 bridgehead atoms. The standard InChI is InChI=1S/C17H26O4/c1-3-5-6-7-8-15-9-11-16(12-10-15)17(18)21-20-14-13-19-4-2/h9-12H,3-8,13-14H2,1-2H3. The Hall–Kier alpha value is -1.39. The first-order valence-electron chi connectivity index (χ1n) is 7.78. The first-order chi connectivity index (χ1) is 10.3. The third-order valence-corrected chi connectivity index (χ3v) is 3.16. The van der Waals surface area contributed by atoms with Crippen molar-refractivity contribution in [1.82, 2.24) is 0 Å². The van der Waals surface area contributed by atoms with E-state index in [1.165, 1.54) is 31.2 Å². The second-order valence-electron chi connectivity index (χ2n) is 4.90. The minimum Gasteiger partial charge on any atom is -0.379 e. The van der Waals surface area contributed by atoms with Crippen molar-refractivity contribution in [1.29, 1.82) is 0 Å². The molecule has 0 spiro atoms. The highest BCUT2D eigenvalue weighted by atomic mass is 17.2. The Kier molecular flexibility index (Phi) is 9.49. The molecule has 0 atom stereocenters. The van der Waals surface area contributed by atoms with Crippen LogP contribution in [-0.4, -0.2) is 25.8 Å². The van der Waals surface area contributed by atoms with Crippen LogP contribution in [0.4, 0.5) is 0 Å². The molecule has 0 heterocycles. The highest BCUT2D eigenvalue weighted by molar-refractivity contribution is 5.88. The fourth-order valence-corrected chi connectivity index (χ4v) is 1.94. The van der Waals surface area contributed by atoms with Crippen molar-refractivity contribution in [2.24, 2.45) is 0 Å². The summed E-state index contributed by atoms with van der Waals surface area (Å²) >= 11 is 0. The van der Waals surface area contributed by atoms with Gasteiger partial charge in [-0.3, -0.25) is 4.89 Å². The number of carbonyl (C=O) groups excluding carboxylic acids is 1. The van der Waals surface area contributed by atoms with Gasteiger partial charge in [0.15, 0.2) is 0 Å². The quantitative estimate of drug-likeness (QED) is 0.352. The van der Waals surface area contributed by atoms with Gasteiger partial charge in [-0.05, 0) is 37.5 Å². The largest absolute Gasteiger partial charge is 0.379 e. The Bertz CT molecular complexity index is 386. The fraction of sp³-hybridized carbons (Fsp3) is 0.588. The molecule has 1 rings (SSSR count). The van der Waals surface area contributed by atoms with Gasteiger partial charge in [-0.2, -0.15) is 4.89 Å². The zero-order valence-electron chi connectivity index (χ0n) is 13.1. The molecule has 0 radical (unpaired) electrons. The average molecular weight is 294 g/mol. The number of unbranched alkanes of at least 4 members (excludes halogenated alkanes) is 3. The maximum absolute atomic E-state index is 11.7. The van der Waals surface area contributed by atoms with E-state index in [2.05, 4.69) is 6.92 Å². The van der Waals surface area contributed by atoms with Crippen LogP contribution in [0, 0.1) is 0 Å². The van der Waals surface area contributed by atoms with Gasteiger partial charge in [-0.1, -0.05) is 38.3 Å². The summed E-state index contributed by atoms with van der Waals surface area (Å²) in [5.41, 5.74) is 1.75. The topological polar surface area (TPSA) is 44.8 Å². The maximum atomic E-state index is 11.7. The minimum absolute atomic E-state index is 0.245. The number of hydrogen-bond acceptors (Lipinski definition) is 4. The van der Waals surface area contributed by atoms with Crippen LogP contribution in [-0.2, 0) is 20.9 Å². The second kappa shape index (κ2) is 11.3. The molecule has 0 fully saturated rings. The SMILES string of the molecule is CCCCCCc1ccc(C(=O)OOCCOCC)cc1. The molecule has 0 amide bonds. The van der Waals surface area contributed by atoms with Crippen LogP contribution in [0.2, 0.25) is 0 Å². The van der Waals surface area contributed by atoms with Crippen LogP contribution in [0.5, 0.6) is 0 Å². The Morgan fingerprint density at radius 2 is 1.76 bits per heavy atom. The van der Waals surface area contributed by atoms with Gasteiger partial charge in [0.2, 0.25) is 0 Å². The number of carbonyl (C=O) groups is 1. The summed E-state index contributed by atoms with van der Waals surface area (Å²) in [6.45, 7) is 5.39. The Morgan fingerprint density at radius 1 is 1.00 bits per heavy atom. The van der Waals surface area contributed by atoms with E-state index < -0.39 is 5.97 Å². The normalized spacial score (nSPS) is 10.6. The van der Waals surface area contributed by atoms with Crippen molar-refractivity contribution in [2.75, 3.05) is 19.8 Å². The van der Waals surface area contributed by atoms with Crippen molar-refractivity contribution >= 4 is 5.97 Å². The van der Waals surface area contributed by atoms with Crippen LogP contribution in [0.15, 0.2) is 24.3 Å². The molecule has 0 unspecified atom stereocenters. The second-order valence-corrected chi connectivity index (χ2v) is 4.90. The molecule has 0 saturated carbocycles. The lowest BCUT2D eigenvalue weighted by molar-refractivity contribution is -0.247. The van der Waals surface area contributed by atoms with E-state index in [1.807, 2.05) is 19.1 Å². The van der Waals surface area contributed by atoms with Gasteiger partial charge in [-0.15, -0.1) is 0 Å². The molecule has 0 aliphatic carbocycles. The fourth-order valence-electron chi connectivity index (χ4n) is 1.94. The van der Waals surface area contributed by atoms with Crippen LogP contribution in [0.1, 0.15) is 55.5 Å². The van der Waals surface area contributed by atoms with Crippen molar-refractivity contribution in [3.63, 3.8) is 0 Å². The number of ether oxygens (including phenoxy) is 1. The molecule has 1 aromatic rings. The van der Waals surface area contributed by atoms with E-state index in [1.54, 1.807) is 12.1 Å². The van der Waals surface area contributed by atoms with Gasteiger partial charge in [-0.25, -0.2) is 4.79 Å². The van der Waals surface area contributed by atoms with Crippen LogP contribution < -0.4 is 0 Å². The zero-order valence-corrected chi connectivity index (χ0v) is 13.1. The number of benzene rings is 1. The highest BCUT2D eigenvalue weighted by Gasteiger charge is 2.08. The van der Waals surface area contributed by atoms with E-state index in [4.69, 9.17) is 14.5 Å². The first-order valence-corrected chi connectivity index (χ1v) is 7.78. The summed E-state index contributed by atoms with van der Waals surface area (Å²) in [5, 5.41) is 0. The Balaban J connectivity index is 2.27. The zero-order chi connectivity index (χ0) is 15.3. The van der Waals surface area contributed by atoms with Crippen molar-refractivity contribution in [2.45, 2.75) is 46.0 Å². The molecule has 21 heavy (non-hydrogen) atoms. The molecule has 0 saturated heterocycles. The Morgan fingerprint density at radius 3 is 2.43 bits per heavy atom. The molecular weight excluding hydrogens is 268 g/mol. The lowest BCUT2D eigenvalue weighted by atomic mass is 10.0. The number of aryl methyl sites for hydroxylation is 1. The lowest BCUT2D eigenvalue weighted by Gasteiger charge is -2.05. The summed E-state index contributed by atoms with van der Waals surface area (Å²) in [6.07, 6.45) is 6.03. The molecular formula is C17H26O4. The van der Waals surface area contributed by atoms with Gasteiger partial charge in [0.05, 0.1) is 12.2 Å². The summed E-state index contributed by atoms with van der Waals surface area (Å²) < 4.78 is 5.08. The van der Waals surface area contributed by atoms with E-state index in [9.17, 15) is 4.79 Å². The smallest absolute Gasteiger partial charge is 0.373 e. The maximum Gasteiger partial charge on any atom is 0.373 e. The van der Waals surface area contributed by atoms with Crippen LogP contribution in [0.25, 0.3) is 0 Å². The van der Waals surface area contributed by atoms with Crippen LogP contribution >= 0.6 is 0 Å². The highest BCUT2D eigenvalue weighted by Crippen LogP contribution is 2.10. The van der Waals surface area contributed by atoms with E-state index in [0.717, 1.165) is 6.42 Å². The average Bonchev–Trinajstić information content (AvgIpc) is 2.52. The minimum atomic E-state index is -0.468.